The number of nitrogens with one attached hydrogen (secondary N) is 2. The molecule has 1 aliphatic heterocycles. The SMILES string of the molecule is C.C[C@H](NC(=O)C1(NCCOc2ccccc2)CCN(C)CC1)c1ccc(C(=O)O)cc1. The molecule has 32 heavy (non-hydrogen) atoms. The Morgan fingerprint density at radius 1 is 1.09 bits per heavy atom. The van der Waals surface area contributed by atoms with Crippen LogP contribution in [0.1, 0.15) is 49.2 Å². The number of hydrogen-bond acceptors (Lipinski definition) is 5. The van der Waals surface area contributed by atoms with E-state index < -0.39 is 11.5 Å². The van der Waals surface area contributed by atoms with Crippen LogP contribution in [0.25, 0.3) is 0 Å². The first-order chi connectivity index (χ1) is 14.9. The largest absolute Gasteiger partial charge is 0.492 e. The van der Waals surface area contributed by atoms with E-state index in [0.717, 1.165) is 24.4 Å². The van der Waals surface area contributed by atoms with Crippen LogP contribution in [-0.2, 0) is 4.79 Å². The van der Waals surface area contributed by atoms with E-state index in [-0.39, 0.29) is 24.9 Å². The number of carboxylic acids is 1. The van der Waals surface area contributed by atoms with Gasteiger partial charge in [0.1, 0.15) is 17.9 Å². The van der Waals surface area contributed by atoms with Crippen LogP contribution in [0.5, 0.6) is 5.75 Å². The van der Waals surface area contributed by atoms with E-state index in [9.17, 15) is 9.59 Å². The first kappa shape index (κ1) is 25.4. The second-order valence-electron chi connectivity index (χ2n) is 8.10. The lowest BCUT2D eigenvalue weighted by atomic mass is 9.86. The molecular weight excluding hydrogens is 406 g/mol. The molecule has 1 amide bonds. The van der Waals surface area contributed by atoms with Crippen LogP contribution in [0.15, 0.2) is 54.6 Å². The highest BCUT2D eigenvalue weighted by Crippen LogP contribution is 2.24. The first-order valence-corrected chi connectivity index (χ1v) is 10.7. The molecule has 0 spiro atoms. The minimum atomic E-state index is -0.963. The number of hydrogen-bond donors (Lipinski definition) is 3. The molecule has 1 fully saturated rings. The number of carbonyl (C=O) groups excluding carboxylic acids is 1. The van der Waals surface area contributed by atoms with Gasteiger partial charge in [-0.05, 0) is 56.6 Å². The van der Waals surface area contributed by atoms with Crippen LogP contribution in [0.4, 0.5) is 0 Å². The Bertz CT molecular complexity index is 863. The molecule has 0 aliphatic carbocycles. The summed E-state index contributed by atoms with van der Waals surface area (Å²) in [6.07, 6.45) is 1.43. The lowest BCUT2D eigenvalue weighted by Gasteiger charge is -2.40. The normalized spacial score (nSPS) is 16.4. The van der Waals surface area contributed by atoms with Crippen LogP contribution in [0, 0.1) is 0 Å². The van der Waals surface area contributed by atoms with Crippen LogP contribution >= 0.6 is 0 Å². The molecule has 2 aromatic carbocycles. The molecule has 3 N–H and O–H groups in total. The van der Waals surface area contributed by atoms with Crippen molar-refractivity contribution in [1.82, 2.24) is 15.5 Å². The summed E-state index contributed by atoms with van der Waals surface area (Å²) in [5, 5.41) is 15.7. The molecule has 0 unspecified atom stereocenters. The van der Waals surface area contributed by atoms with Crippen LogP contribution < -0.4 is 15.4 Å². The lowest BCUT2D eigenvalue weighted by Crippen LogP contribution is -2.62. The van der Waals surface area contributed by atoms with Gasteiger partial charge in [0, 0.05) is 19.6 Å². The van der Waals surface area contributed by atoms with Crippen molar-refractivity contribution >= 4 is 11.9 Å². The second-order valence-corrected chi connectivity index (χ2v) is 8.10. The molecule has 7 nitrogen and oxygen atoms in total. The summed E-state index contributed by atoms with van der Waals surface area (Å²) in [6.45, 7) is 4.62. The highest BCUT2D eigenvalue weighted by Gasteiger charge is 2.40. The maximum atomic E-state index is 13.3. The molecule has 1 aliphatic rings. The highest BCUT2D eigenvalue weighted by atomic mass is 16.5. The number of nitrogens with zero attached hydrogens (tertiary/aromatic N) is 1. The van der Waals surface area contributed by atoms with Gasteiger partial charge in [-0.2, -0.15) is 0 Å². The van der Waals surface area contributed by atoms with Crippen molar-refractivity contribution in [1.29, 1.82) is 0 Å². The Hall–Kier alpha value is -2.90. The first-order valence-electron chi connectivity index (χ1n) is 10.7. The van der Waals surface area contributed by atoms with Gasteiger partial charge >= 0.3 is 5.97 Å². The van der Waals surface area contributed by atoms with E-state index in [2.05, 4.69) is 22.6 Å². The van der Waals surface area contributed by atoms with E-state index in [0.29, 0.717) is 26.0 Å². The number of amides is 1. The molecule has 0 radical (unpaired) electrons. The van der Waals surface area contributed by atoms with Crippen molar-refractivity contribution in [3.8, 4) is 5.75 Å². The number of rotatable bonds is 9. The van der Waals surface area contributed by atoms with E-state index in [1.165, 1.54) is 0 Å². The molecule has 7 heteroatoms. The number of piperidine rings is 1. The summed E-state index contributed by atoms with van der Waals surface area (Å²) in [7, 11) is 2.06. The molecule has 0 aromatic heterocycles. The average molecular weight is 442 g/mol. The third-order valence-corrected chi connectivity index (χ3v) is 5.86. The highest BCUT2D eigenvalue weighted by molar-refractivity contribution is 5.88. The summed E-state index contributed by atoms with van der Waals surface area (Å²) < 4.78 is 5.77. The van der Waals surface area contributed by atoms with E-state index >= 15 is 0 Å². The van der Waals surface area contributed by atoms with Gasteiger partial charge in [0.25, 0.3) is 0 Å². The Morgan fingerprint density at radius 3 is 2.31 bits per heavy atom. The zero-order chi connectivity index (χ0) is 22.3. The summed E-state index contributed by atoms with van der Waals surface area (Å²) in [6, 6.07) is 16.0. The van der Waals surface area contributed by atoms with E-state index in [4.69, 9.17) is 9.84 Å². The molecule has 1 saturated heterocycles. The average Bonchev–Trinajstić information content (AvgIpc) is 2.79. The van der Waals surface area contributed by atoms with Crippen LogP contribution in [0.3, 0.4) is 0 Å². The lowest BCUT2D eigenvalue weighted by molar-refractivity contribution is -0.130. The van der Waals surface area contributed by atoms with Gasteiger partial charge in [-0.1, -0.05) is 37.8 Å². The summed E-state index contributed by atoms with van der Waals surface area (Å²) in [5.74, 6) is -0.185. The Kier molecular flexibility index (Phi) is 9.23. The van der Waals surface area contributed by atoms with Gasteiger partial charge in [0.2, 0.25) is 5.91 Å². The fourth-order valence-corrected chi connectivity index (χ4v) is 3.79. The molecule has 1 heterocycles. The molecule has 3 rings (SSSR count). The van der Waals surface area contributed by atoms with Crippen molar-refractivity contribution in [2.24, 2.45) is 0 Å². The minimum absolute atomic E-state index is 0. The van der Waals surface area contributed by atoms with Gasteiger partial charge < -0.3 is 20.1 Å². The molecule has 1 atom stereocenters. The van der Waals surface area contributed by atoms with Crippen molar-refractivity contribution in [3.63, 3.8) is 0 Å². The predicted molar refractivity (Wildman–Crippen MR) is 126 cm³/mol. The number of ether oxygens (including phenoxy) is 1. The fraction of sp³-hybridized carbons (Fsp3) is 0.440. The van der Waals surface area contributed by atoms with Gasteiger partial charge in [-0.15, -0.1) is 0 Å². The standard InChI is InChI=1S/C24H31N3O4.CH4/c1-18(19-8-10-20(11-9-19)22(28)29)26-23(30)24(12-15-27(2)16-13-24)25-14-17-31-21-6-4-3-5-7-21;/h3-11,18,25H,12-17H2,1-2H3,(H,26,30)(H,28,29);1H4/t18-;/m0./s1. The quantitative estimate of drug-likeness (QED) is 0.517. The predicted octanol–water partition coefficient (Wildman–Crippen LogP) is 3.33. The molecule has 0 saturated carbocycles. The van der Waals surface area contributed by atoms with Crippen molar-refractivity contribution in [3.05, 3.63) is 65.7 Å². The summed E-state index contributed by atoms with van der Waals surface area (Å²) >= 11 is 0. The van der Waals surface area contributed by atoms with Gasteiger partial charge in [0.05, 0.1) is 11.6 Å². The summed E-state index contributed by atoms with van der Waals surface area (Å²) in [4.78, 5) is 26.6. The van der Waals surface area contributed by atoms with Crippen molar-refractivity contribution in [2.75, 3.05) is 33.3 Å². The molecular formula is C25H35N3O4. The number of para-hydroxylation sites is 1. The van der Waals surface area contributed by atoms with Gasteiger partial charge in [0.15, 0.2) is 0 Å². The van der Waals surface area contributed by atoms with Crippen LogP contribution in [0.2, 0.25) is 0 Å². The Balaban J connectivity index is 0.00000363. The monoisotopic (exact) mass is 441 g/mol. The smallest absolute Gasteiger partial charge is 0.335 e. The zero-order valence-corrected chi connectivity index (χ0v) is 18.1. The zero-order valence-electron chi connectivity index (χ0n) is 18.1. The molecule has 174 valence electrons. The van der Waals surface area contributed by atoms with Crippen molar-refractivity contribution in [2.45, 2.75) is 38.8 Å². The topological polar surface area (TPSA) is 90.9 Å². The number of aromatic carboxylic acids is 1. The third-order valence-electron chi connectivity index (χ3n) is 5.86. The molecule has 0 bridgehead atoms. The van der Waals surface area contributed by atoms with E-state index in [1.54, 1.807) is 24.3 Å². The number of carboxylic acid groups (broad SMARTS) is 1. The fourth-order valence-electron chi connectivity index (χ4n) is 3.79. The van der Waals surface area contributed by atoms with Crippen molar-refractivity contribution < 1.29 is 19.4 Å². The number of benzene rings is 2. The second kappa shape index (κ2) is 11.6. The van der Waals surface area contributed by atoms with Gasteiger partial charge in [-0.3, -0.25) is 10.1 Å². The summed E-state index contributed by atoms with van der Waals surface area (Å²) in [5.41, 5.74) is 0.449. The maximum absolute atomic E-state index is 13.3. The maximum Gasteiger partial charge on any atom is 0.335 e. The Labute approximate surface area is 190 Å². The van der Waals surface area contributed by atoms with E-state index in [1.807, 2.05) is 37.3 Å². The number of carbonyl (C=O) groups is 2. The molecule has 2 aromatic rings. The van der Waals surface area contributed by atoms with Gasteiger partial charge in [-0.25, -0.2) is 4.79 Å². The number of likely N-dealkylation sites (tertiary alicyclic amines) is 1. The Morgan fingerprint density at radius 2 is 1.72 bits per heavy atom. The third kappa shape index (κ3) is 6.55. The van der Waals surface area contributed by atoms with Crippen LogP contribution in [-0.4, -0.2) is 60.7 Å². The minimum Gasteiger partial charge on any atom is -0.492 e.